The van der Waals surface area contributed by atoms with E-state index in [1.54, 1.807) is 0 Å². The fourth-order valence-electron chi connectivity index (χ4n) is 3.36. The molecule has 6 nitrogen and oxygen atoms in total. The van der Waals surface area contributed by atoms with E-state index in [1.807, 2.05) is 36.1 Å². The molecule has 0 aliphatic carbocycles. The second kappa shape index (κ2) is 8.58. The molecule has 2 aromatic rings. The lowest BCUT2D eigenvalue weighted by atomic mass is 9.98. The fourth-order valence-corrected chi connectivity index (χ4v) is 3.99. The third kappa shape index (κ3) is 4.38. The van der Waals surface area contributed by atoms with Crippen LogP contribution in [0.4, 0.5) is 0 Å². The van der Waals surface area contributed by atoms with Crippen molar-refractivity contribution in [2.45, 2.75) is 57.3 Å². The molecule has 0 bridgehead atoms. The van der Waals surface area contributed by atoms with Crippen LogP contribution >= 0.6 is 11.8 Å². The molecular weight excluding hydrogens is 350 g/mol. The molecule has 140 valence electrons. The minimum atomic E-state index is 0.135. The molecular formula is C19H25N3O3S. The topological polar surface area (TPSA) is 68.5 Å². The molecule has 1 aromatic heterocycles. The number of hydrogen-bond acceptors (Lipinski definition) is 6. The number of rotatable bonds is 6. The normalized spacial score (nSPS) is 20.2. The highest BCUT2D eigenvalue weighted by Gasteiger charge is 2.29. The number of hydrogen-bond donors (Lipinski definition) is 0. The van der Waals surface area contributed by atoms with E-state index in [2.05, 4.69) is 24.0 Å². The molecule has 0 radical (unpaired) electrons. The molecule has 0 N–H and O–H groups in total. The van der Waals surface area contributed by atoms with Crippen LogP contribution in [0.1, 0.15) is 40.0 Å². The third-order valence-electron chi connectivity index (χ3n) is 4.62. The summed E-state index contributed by atoms with van der Waals surface area (Å²) in [5.41, 5.74) is 0.831. The van der Waals surface area contributed by atoms with E-state index in [0.29, 0.717) is 35.6 Å². The molecule has 1 fully saturated rings. The maximum absolute atomic E-state index is 12.6. The molecule has 1 aromatic carbocycles. The highest BCUT2D eigenvalue weighted by Crippen LogP contribution is 2.27. The minimum absolute atomic E-state index is 0.135. The standard InChI is InChI=1S/C19H25N3O3S/c1-4-24-16-10-8-15(9-11-16)18-20-21-19(25-18)26-12-17(23)22-13(2)6-5-7-14(22)3/h8-11,13-14H,4-7,12H2,1-3H3/t13-,14-/m0/s1. The molecule has 0 unspecified atom stereocenters. The van der Waals surface area contributed by atoms with E-state index in [-0.39, 0.29) is 5.91 Å². The maximum atomic E-state index is 12.6. The van der Waals surface area contributed by atoms with Gasteiger partial charge in [-0.1, -0.05) is 11.8 Å². The van der Waals surface area contributed by atoms with Gasteiger partial charge in [0, 0.05) is 17.6 Å². The quantitative estimate of drug-likeness (QED) is 0.711. The van der Waals surface area contributed by atoms with Gasteiger partial charge in [0.15, 0.2) is 0 Å². The van der Waals surface area contributed by atoms with Crippen molar-refractivity contribution < 1.29 is 13.9 Å². The maximum Gasteiger partial charge on any atom is 0.277 e. The van der Waals surface area contributed by atoms with Crippen molar-refractivity contribution in [3.8, 4) is 17.2 Å². The van der Waals surface area contributed by atoms with Gasteiger partial charge < -0.3 is 14.1 Å². The van der Waals surface area contributed by atoms with Crippen molar-refractivity contribution in [3.63, 3.8) is 0 Å². The van der Waals surface area contributed by atoms with Crippen molar-refractivity contribution in [3.05, 3.63) is 24.3 Å². The largest absolute Gasteiger partial charge is 0.494 e. The first-order valence-corrected chi connectivity index (χ1v) is 10.1. The summed E-state index contributed by atoms with van der Waals surface area (Å²) in [6.45, 7) is 6.81. The van der Waals surface area contributed by atoms with Crippen LogP contribution in [0.3, 0.4) is 0 Å². The molecule has 2 heterocycles. The predicted octanol–water partition coefficient (Wildman–Crippen LogP) is 4.02. The van der Waals surface area contributed by atoms with E-state index in [4.69, 9.17) is 9.15 Å². The Hall–Kier alpha value is -2.02. The van der Waals surface area contributed by atoms with Gasteiger partial charge in [-0.2, -0.15) is 0 Å². The molecule has 1 aliphatic heterocycles. The van der Waals surface area contributed by atoms with Gasteiger partial charge in [-0.05, 0) is 64.3 Å². The Morgan fingerprint density at radius 1 is 1.23 bits per heavy atom. The summed E-state index contributed by atoms with van der Waals surface area (Å²) in [5, 5.41) is 8.55. The zero-order chi connectivity index (χ0) is 18.5. The van der Waals surface area contributed by atoms with Crippen LogP contribution in [0.25, 0.3) is 11.5 Å². The van der Waals surface area contributed by atoms with Crippen molar-refractivity contribution >= 4 is 17.7 Å². The Labute approximate surface area is 158 Å². The Bertz CT molecular complexity index is 722. The average molecular weight is 375 g/mol. The highest BCUT2D eigenvalue weighted by atomic mass is 32.2. The van der Waals surface area contributed by atoms with Crippen molar-refractivity contribution in [2.24, 2.45) is 0 Å². The number of nitrogens with zero attached hydrogens (tertiary/aromatic N) is 3. The van der Waals surface area contributed by atoms with E-state index in [9.17, 15) is 4.79 Å². The number of carbonyl (C=O) groups excluding carboxylic acids is 1. The number of piperidine rings is 1. The lowest BCUT2D eigenvalue weighted by molar-refractivity contribution is -0.134. The third-order valence-corrected chi connectivity index (χ3v) is 5.42. The zero-order valence-corrected chi connectivity index (χ0v) is 16.3. The number of benzene rings is 1. The summed E-state index contributed by atoms with van der Waals surface area (Å²) < 4.78 is 11.1. The van der Waals surface area contributed by atoms with Gasteiger partial charge in [-0.25, -0.2) is 0 Å². The summed E-state index contributed by atoms with van der Waals surface area (Å²) in [7, 11) is 0. The molecule has 3 rings (SSSR count). The van der Waals surface area contributed by atoms with Gasteiger partial charge in [-0.15, -0.1) is 10.2 Å². The smallest absolute Gasteiger partial charge is 0.277 e. The molecule has 0 spiro atoms. The van der Waals surface area contributed by atoms with Gasteiger partial charge >= 0.3 is 0 Å². The molecule has 26 heavy (non-hydrogen) atoms. The second-order valence-corrected chi connectivity index (χ2v) is 7.48. The molecule has 1 amide bonds. The number of thioether (sulfide) groups is 1. The molecule has 7 heteroatoms. The van der Waals surface area contributed by atoms with Crippen LogP contribution in [0, 0.1) is 0 Å². The van der Waals surface area contributed by atoms with Gasteiger partial charge in [0.2, 0.25) is 11.8 Å². The zero-order valence-electron chi connectivity index (χ0n) is 15.5. The van der Waals surface area contributed by atoms with Crippen LogP contribution in [0.15, 0.2) is 33.9 Å². The summed E-state index contributed by atoms with van der Waals surface area (Å²) in [6, 6.07) is 8.12. The Kier molecular flexibility index (Phi) is 6.19. The fraction of sp³-hybridized carbons (Fsp3) is 0.526. The van der Waals surface area contributed by atoms with Crippen molar-refractivity contribution in [1.29, 1.82) is 0 Å². The highest BCUT2D eigenvalue weighted by molar-refractivity contribution is 7.99. The average Bonchev–Trinajstić information content (AvgIpc) is 3.10. The molecule has 1 aliphatic rings. The summed E-state index contributed by atoms with van der Waals surface area (Å²) in [6.07, 6.45) is 3.33. The van der Waals surface area contributed by atoms with Gasteiger partial charge in [-0.3, -0.25) is 4.79 Å². The van der Waals surface area contributed by atoms with E-state index in [1.165, 1.54) is 18.2 Å². The van der Waals surface area contributed by atoms with Crippen LogP contribution in [-0.4, -0.2) is 45.4 Å². The second-order valence-electron chi connectivity index (χ2n) is 6.55. The van der Waals surface area contributed by atoms with Crippen molar-refractivity contribution in [1.82, 2.24) is 15.1 Å². The number of likely N-dealkylation sites (tertiary alicyclic amines) is 1. The minimum Gasteiger partial charge on any atom is -0.494 e. The lowest BCUT2D eigenvalue weighted by Crippen LogP contribution is -2.48. The number of ether oxygens (including phenoxy) is 1. The number of amides is 1. The first kappa shape index (κ1) is 18.8. The first-order chi connectivity index (χ1) is 12.6. The first-order valence-electron chi connectivity index (χ1n) is 9.09. The van der Waals surface area contributed by atoms with Crippen LogP contribution in [-0.2, 0) is 4.79 Å². The molecule has 0 saturated carbocycles. The Morgan fingerprint density at radius 2 is 1.92 bits per heavy atom. The predicted molar refractivity (Wildman–Crippen MR) is 101 cm³/mol. The van der Waals surface area contributed by atoms with E-state index in [0.717, 1.165) is 24.2 Å². The SMILES string of the molecule is CCOc1ccc(-c2nnc(SCC(=O)N3[C@@H](C)CCC[C@@H]3C)o2)cc1. The monoisotopic (exact) mass is 375 g/mol. The Balaban J connectivity index is 1.59. The van der Waals surface area contributed by atoms with Crippen LogP contribution < -0.4 is 4.74 Å². The van der Waals surface area contributed by atoms with Gasteiger partial charge in [0.1, 0.15) is 5.75 Å². The Morgan fingerprint density at radius 3 is 2.58 bits per heavy atom. The van der Waals surface area contributed by atoms with Gasteiger partial charge in [0.25, 0.3) is 5.22 Å². The van der Waals surface area contributed by atoms with Crippen molar-refractivity contribution in [2.75, 3.05) is 12.4 Å². The molecule has 2 atom stereocenters. The lowest BCUT2D eigenvalue weighted by Gasteiger charge is -2.39. The molecule has 1 saturated heterocycles. The van der Waals surface area contributed by atoms with E-state index < -0.39 is 0 Å². The summed E-state index contributed by atoms with van der Waals surface area (Å²) in [5.74, 6) is 1.71. The summed E-state index contributed by atoms with van der Waals surface area (Å²) in [4.78, 5) is 14.6. The van der Waals surface area contributed by atoms with E-state index >= 15 is 0 Å². The number of carbonyl (C=O) groups is 1. The summed E-state index contributed by atoms with van der Waals surface area (Å²) >= 11 is 1.30. The number of aromatic nitrogens is 2. The van der Waals surface area contributed by atoms with Crippen LogP contribution in [0.2, 0.25) is 0 Å². The van der Waals surface area contributed by atoms with Crippen LogP contribution in [0.5, 0.6) is 5.75 Å². The van der Waals surface area contributed by atoms with Gasteiger partial charge in [0.05, 0.1) is 12.4 Å².